The molecule has 1 rings (SSSR count). The van der Waals surface area contributed by atoms with E-state index in [2.05, 4.69) is 5.10 Å². The van der Waals surface area contributed by atoms with E-state index in [1.165, 1.54) is 7.11 Å². The van der Waals surface area contributed by atoms with Gasteiger partial charge in [0.15, 0.2) is 6.10 Å². The maximum Gasteiger partial charge on any atom is 0.218 e. The van der Waals surface area contributed by atoms with Gasteiger partial charge in [-0.15, -0.1) is 0 Å². The lowest BCUT2D eigenvalue weighted by molar-refractivity contribution is 0.0564. The van der Waals surface area contributed by atoms with E-state index in [1.54, 1.807) is 18.7 Å². The zero-order valence-corrected chi connectivity index (χ0v) is 9.60. The summed E-state index contributed by atoms with van der Waals surface area (Å²) in [6.07, 6.45) is -0.768. The molecule has 0 spiro atoms. The summed E-state index contributed by atoms with van der Waals surface area (Å²) >= 11 is 0. The van der Waals surface area contributed by atoms with Crippen molar-refractivity contribution in [2.24, 2.45) is 7.05 Å². The van der Waals surface area contributed by atoms with Gasteiger partial charge in [0.05, 0.1) is 37.7 Å². The van der Waals surface area contributed by atoms with Crippen LogP contribution in [0.1, 0.15) is 17.4 Å². The highest BCUT2D eigenvalue weighted by Gasteiger charge is 2.23. The van der Waals surface area contributed by atoms with Gasteiger partial charge in [-0.3, -0.25) is 0 Å². The molecule has 0 fully saturated rings. The largest absolute Gasteiger partial charge is 0.481 e. The number of hydrogen-bond acceptors (Lipinski definition) is 5. The minimum atomic E-state index is -0.768. The molecule has 0 aliphatic carbocycles. The molecular formula is C10H15N3O3. The molecule has 0 aromatic carbocycles. The fourth-order valence-electron chi connectivity index (χ4n) is 1.55. The zero-order chi connectivity index (χ0) is 12.1. The Labute approximate surface area is 94.0 Å². The first kappa shape index (κ1) is 12.5. The Morgan fingerprint density at radius 3 is 2.81 bits per heavy atom. The summed E-state index contributed by atoms with van der Waals surface area (Å²) in [5, 5.41) is 21.8. The fraction of sp³-hybridized carbons (Fsp3) is 0.600. The Balaban J connectivity index is 3.04. The van der Waals surface area contributed by atoms with Crippen molar-refractivity contribution in [2.75, 3.05) is 20.3 Å². The van der Waals surface area contributed by atoms with Gasteiger partial charge in [-0.25, -0.2) is 4.68 Å². The fourth-order valence-corrected chi connectivity index (χ4v) is 1.55. The average Bonchev–Trinajstić information content (AvgIpc) is 2.55. The third kappa shape index (κ3) is 2.32. The molecule has 1 aromatic rings. The highest BCUT2D eigenvalue weighted by Crippen LogP contribution is 2.29. The molecule has 0 amide bonds. The predicted octanol–water partition coefficient (Wildman–Crippen LogP) is 0.311. The molecule has 6 heteroatoms. The number of hydrogen-bond donors (Lipinski definition) is 1. The molecule has 1 heterocycles. The number of nitriles is 1. The van der Waals surface area contributed by atoms with Crippen LogP contribution >= 0.6 is 0 Å². The van der Waals surface area contributed by atoms with Gasteiger partial charge in [0.25, 0.3) is 0 Å². The molecule has 0 saturated heterocycles. The van der Waals surface area contributed by atoms with Gasteiger partial charge in [0, 0.05) is 7.05 Å². The first-order valence-corrected chi connectivity index (χ1v) is 4.85. The van der Waals surface area contributed by atoms with Crippen molar-refractivity contribution < 1.29 is 14.6 Å². The van der Waals surface area contributed by atoms with E-state index in [4.69, 9.17) is 19.8 Å². The quantitative estimate of drug-likeness (QED) is 0.780. The van der Waals surface area contributed by atoms with Crippen LogP contribution in [-0.4, -0.2) is 35.2 Å². The van der Waals surface area contributed by atoms with Crippen LogP contribution in [0.5, 0.6) is 5.88 Å². The number of aliphatic hydroxyl groups excluding tert-OH is 1. The van der Waals surface area contributed by atoms with Crippen molar-refractivity contribution in [1.29, 1.82) is 5.26 Å². The lowest BCUT2D eigenvalue weighted by Crippen LogP contribution is -2.08. The van der Waals surface area contributed by atoms with Crippen molar-refractivity contribution in [3.63, 3.8) is 0 Å². The molecule has 6 nitrogen and oxygen atoms in total. The highest BCUT2D eigenvalue weighted by atomic mass is 16.5. The van der Waals surface area contributed by atoms with Crippen LogP contribution < -0.4 is 4.74 Å². The van der Waals surface area contributed by atoms with Crippen molar-refractivity contribution >= 4 is 0 Å². The molecule has 1 unspecified atom stereocenters. The van der Waals surface area contributed by atoms with Crippen LogP contribution in [0.3, 0.4) is 0 Å². The number of rotatable bonds is 5. The summed E-state index contributed by atoms with van der Waals surface area (Å²) in [7, 11) is 3.25. The number of ether oxygens (including phenoxy) is 2. The summed E-state index contributed by atoms with van der Waals surface area (Å²) in [6, 6.07) is 2.02. The Bertz CT molecular complexity index is 395. The minimum absolute atomic E-state index is 0.107. The average molecular weight is 225 g/mol. The first-order valence-electron chi connectivity index (χ1n) is 4.85. The van der Waals surface area contributed by atoms with Crippen LogP contribution in [0.25, 0.3) is 0 Å². The maximum atomic E-state index is 9.01. The lowest BCUT2D eigenvalue weighted by atomic mass is 10.1. The number of nitrogens with zero attached hydrogens (tertiary/aromatic N) is 3. The van der Waals surface area contributed by atoms with Crippen LogP contribution in [0.4, 0.5) is 0 Å². The van der Waals surface area contributed by atoms with E-state index in [1.807, 2.05) is 6.07 Å². The monoisotopic (exact) mass is 225 g/mol. The molecule has 0 radical (unpaired) electrons. The van der Waals surface area contributed by atoms with Crippen LogP contribution in [0.15, 0.2) is 0 Å². The molecule has 16 heavy (non-hydrogen) atoms. The molecule has 1 N–H and O–H groups in total. The van der Waals surface area contributed by atoms with Crippen LogP contribution in [0.2, 0.25) is 0 Å². The topological polar surface area (TPSA) is 80.3 Å². The molecule has 0 bridgehead atoms. The molecule has 1 atom stereocenters. The summed E-state index contributed by atoms with van der Waals surface area (Å²) in [4.78, 5) is 0. The van der Waals surface area contributed by atoms with Crippen molar-refractivity contribution in [3.8, 4) is 11.9 Å². The summed E-state index contributed by atoms with van der Waals surface area (Å²) in [5.41, 5.74) is 1.30. The second-order valence-electron chi connectivity index (χ2n) is 3.24. The highest BCUT2D eigenvalue weighted by molar-refractivity contribution is 5.36. The number of methoxy groups -OCH3 is 1. The third-order valence-corrected chi connectivity index (χ3v) is 2.16. The smallest absolute Gasteiger partial charge is 0.218 e. The zero-order valence-electron chi connectivity index (χ0n) is 9.60. The Morgan fingerprint density at radius 2 is 2.31 bits per heavy atom. The van der Waals surface area contributed by atoms with E-state index in [9.17, 15) is 0 Å². The van der Waals surface area contributed by atoms with E-state index in [-0.39, 0.29) is 13.2 Å². The van der Waals surface area contributed by atoms with Crippen molar-refractivity contribution in [2.45, 2.75) is 13.0 Å². The van der Waals surface area contributed by atoms with Gasteiger partial charge < -0.3 is 14.6 Å². The standard InChI is InChI=1S/C10H15N3O3/c1-7-9(8(6-11)16-5-4-14)10(15-3)13(2)12-7/h8,14H,4-5H2,1-3H3. The van der Waals surface area contributed by atoms with Crippen LogP contribution in [0, 0.1) is 18.3 Å². The molecule has 1 aromatic heterocycles. The summed E-state index contributed by atoms with van der Waals surface area (Å²) < 4.78 is 11.9. The molecule has 0 saturated carbocycles. The summed E-state index contributed by atoms with van der Waals surface area (Å²) in [6.45, 7) is 1.76. The second-order valence-corrected chi connectivity index (χ2v) is 3.24. The maximum absolute atomic E-state index is 9.01. The van der Waals surface area contributed by atoms with Crippen molar-refractivity contribution in [3.05, 3.63) is 11.3 Å². The van der Waals surface area contributed by atoms with Gasteiger partial charge in [-0.1, -0.05) is 0 Å². The Morgan fingerprint density at radius 1 is 1.62 bits per heavy atom. The number of aryl methyl sites for hydroxylation is 2. The Kier molecular flexibility index (Phi) is 4.28. The molecule has 88 valence electrons. The normalized spacial score (nSPS) is 12.2. The SMILES string of the molecule is COc1c(C(C#N)OCCO)c(C)nn1C. The Hall–Kier alpha value is -1.58. The number of aliphatic hydroxyl groups is 1. The van der Waals surface area contributed by atoms with Gasteiger partial charge in [0.2, 0.25) is 5.88 Å². The first-order chi connectivity index (χ1) is 7.65. The minimum Gasteiger partial charge on any atom is -0.481 e. The van der Waals surface area contributed by atoms with Crippen LogP contribution in [-0.2, 0) is 11.8 Å². The molecule has 0 aliphatic rings. The molecular weight excluding hydrogens is 210 g/mol. The lowest BCUT2D eigenvalue weighted by Gasteiger charge is -2.11. The van der Waals surface area contributed by atoms with E-state index in [0.29, 0.717) is 17.1 Å². The van der Waals surface area contributed by atoms with E-state index < -0.39 is 6.10 Å². The molecule has 0 aliphatic heterocycles. The van der Waals surface area contributed by atoms with E-state index in [0.717, 1.165) is 0 Å². The number of aromatic nitrogens is 2. The predicted molar refractivity (Wildman–Crippen MR) is 55.9 cm³/mol. The van der Waals surface area contributed by atoms with Gasteiger partial charge in [-0.05, 0) is 6.92 Å². The summed E-state index contributed by atoms with van der Waals surface area (Å²) in [5.74, 6) is 0.502. The van der Waals surface area contributed by atoms with E-state index >= 15 is 0 Å². The van der Waals surface area contributed by atoms with Crippen molar-refractivity contribution in [1.82, 2.24) is 9.78 Å². The second kappa shape index (κ2) is 5.49. The third-order valence-electron chi connectivity index (χ3n) is 2.16. The van der Waals surface area contributed by atoms with Gasteiger partial charge in [0.1, 0.15) is 0 Å². The van der Waals surface area contributed by atoms with Gasteiger partial charge >= 0.3 is 0 Å². The van der Waals surface area contributed by atoms with Gasteiger partial charge in [-0.2, -0.15) is 10.4 Å².